The van der Waals surface area contributed by atoms with Gasteiger partial charge in [0.05, 0.1) is 34.9 Å². The number of hydrogen-bond acceptors (Lipinski definition) is 5. The zero-order chi connectivity index (χ0) is 19.8. The van der Waals surface area contributed by atoms with E-state index in [1.807, 2.05) is 6.07 Å². The Morgan fingerprint density at radius 2 is 1.75 bits per heavy atom. The van der Waals surface area contributed by atoms with Gasteiger partial charge in [-0.25, -0.2) is 23.5 Å². The summed E-state index contributed by atoms with van der Waals surface area (Å²) < 4.78 is 27.9. The van der Waals surface area contributed by atoms with Crippen LogP contribution in [0.5, 0.6) is 5.75 Å². The first kappa shape index (κ1) is 17.8. The third-order valence-corrected chi connectivity index (χ3v) is 4.51. The smallest absolute Gasteiger partial charge is 0.338 e. The first-order chi connectivity index (χ1) is 13.4. The van der Waals surface area contributed by atoms with Crippen LogP contribution < -0.4 is 5.32 Å². The first-order valence-corrected chi connectivity index (χ1v) is 8.57. The molecule has 1 aliphatic rings. The molecule has 0 atom stereocenters. The molecule has 1 aliphatic carbocycles. The third-order valence-electron chi connectivity index (χ3n) is 4.51. The number of hydrogen-bond donors (Lipinski definition) is 3. The summed E-state index contributed by atoms with van der Waals surface area (Å²) in [5, 5.41) is 21.8. The number of halogens is 2. The van der Waals surface area contributed by atoms with Crippen molar-refractivity contribution in [2.75, 3.05) is 5.32 Å². The van der Waals surface area contributed by atoms with E-state index in [9.17, 15) is 23.8 Å². The Hall–Kier alpha value is -3.55. The van der Waals surface area contributed by atoms with Gasteiger partial charge in [0.1, 0.15) is 17.4 Å². The molecule has 0 bridgehead atoms. The van der Waals surface area contributed by atoms with E-state index in [2.05, 4.69) is 15.3 Å². The van der Waals surface area contributed by atoms with Crippen molar-refractivity contribution in [3.63, 3.8) is 0 Å². The van der Waals surface area contributed by atoms with E-state index in [4.69, 9.17) is 0 Å². The van der Waals surface area contributed by atoms with E-state index in [1.54, 1.807) is 12.1 Å². The molecule has 1 heterocycles. The lowest BCUT2D eigenvalue weighted by molar-refractivity contribution is 0.0696. The van der Waals surface area contributed by atoms with Gasteiger partial charge in [0.2, 0.25) is 0 Å². The van der Waals surface area contributed by atoms with Crippen molar-refractivity contribution in [1.82, 2.24) is 9.97 Å². The van der Waals surface area contributed by atoms with Gasteiger partial charge in [-0.1, -0.05) is 12.1 Å². The summed E-state index contributed by atoms with van der Waals surface area (Å²) in [6.45, 7) is 0. The molecule has 0 spiro atoms. The first-order valence-electron chi connectivity index (χ1n) is 8.57. The van der Waals surface area contributed by atoms with Crippen LogP contribution in [0.1, 0.15) is 34.7 Å². The average molecular weight is 383 g/mol. The number of nitrogens with zero attached hydrogens (tertiary/aromatic N) is 2. The largest absolute Gasteiger partial charge is 0.508 e. The van der Waals surface area contributed by atoms with Crippen molar-refractivity contribution in [2.45, 2.75) is 18.8 Å². The molecule has 142 valence electrons. The lowest BCUT2D eigenvalue weighted by Gasteiger charge is -2.13. The molecule has 4 rings (SSSR count). The average Bonchev–Trinajstić information content (AvgIpc) is 3.47. The van der Waals surface area contributed by atoms with Crippen molar-refractivity contribution in [3.8, 4) is 17.1 Å². The topological polar surface area (TPSA) is 95.3 Å². The monoisotopic (exact) mass is 383 g/mol. The summed E-state index contributed by atoms with van der Waals surface area (Å²) in [5.74, 6) is -3.46. The van der Waals surface area contributed by atoms with Crippen LogP contribution in [0.15, 0.2) is 42.7 Å². The maximum Gasteiger partial charge on any atom is 0.338 e. The highest BCUT2D eigenvalue weighted by Gasteiger charge is 2.29. The summed E-state index contributed by atoms with van der Waals surface area (Å²) in [7, 11) is 0. The number of anilines is 2. The molecule has 0 saturated heterocycles. The Balaban J connectivity index is 1.65. The molecule has 0 aliphatic heterocycles. The summed E-state index contributed by atoms with van der Waals surface area (Å²) >= 11 is 0. The van der Waals surface area contributed by atoms with Crippen molar-refractivity contribution >= 4 is 17.3 Å². The molecule has 1 saturated carbocycles. The molecule has 3 aromatic rings. The number of carboxylic acid groups (broad SMARTS) is 1. The number of carbonyl (C=O) groups is 1. The third kappa shape index (κ3) is 3.36. The summed E-state index contributed by atoms with van der Waals surface area (Å²) in [5.41, 5.74) is 1.30. The highest BCUT2D eigenvalue weighted by Crippen LogP contribution is 2.43. The Morgan fingerprint density at radius 1 is 1.11 bits per heavy atom. The molecule has 0 amide bonds. The molecule has 0 unspecified atom stereocenters. The number of phenols is 1. The number of rotatable bonds is 5. The van der Waals surface area contributed by atoms with Crippen LogP contribution in [-0.2, 0) is 0 Å². The van der Waals surface area contributed by atoms with Gasteiger partial charge in [-0.15, -0.1) is 0 Å². The fraction of sp³-hybridized carbons (Fsp3) is 0.150. The fourth-order valence-corrected chi connectivity index (χ4v) is 3.10. The highest BCUT2D eigenvalue weighted by molar-refractivity contribution is 5.97. The molecular formula is C20H15F2N3O3. The van der Waals surface area contributed by atoms with Crippen LogP contribution >= 0.6 is 0 Å². The maximum absolute atomic E-state index is 14.0. The van der Waals surface area contributed by atoms with Gasteiger partial charge in [0.25, 0.3) is 0 Å². The van der Waals surface area contributed by atoms with Crippen molar-refractivity contribution in [1.29, 1.82) is 0 Å². The Kier molecular flexibility index (Phi) is 4.38. The fourth-order valence-electron chi connectivity index (χ4n) is 3.10. The summed E-state index contributed by atoms with van der Waals surface area (Å²) in [6, 6.07) is 6.77. The number of carboxylic acids is 1. The number of benzene rings is 2. The van der Waals surface area contributed by atoms with Gasteiger partial charge in [-0.2, -0.15) is 0 Å². The zero-order valence-electron chi connectivity index (χ0n) is 14.5. The van der Waals surface area contributed by atoms with Crippen molar-refractivity contribution in [2.24, 2.45) is 0 Å². The van der Waals surface area contributed by atoms with E-state index < -0.39 is 28.9 Å². The minimum Gasteiger partial charge on any atom is -0.508 e. The van der Waals surface area contributed by atoms with Crippen LogP contribution in [0.25, 0.3) is 11.4 Å². The molecule has 1 aromatic heterocycles. The van der Waals surface area contributed by atoms with Gasteiger partial charge < -0.3 is 15.5 Å². The SMILES string of the molecule is O=C(O)c1c(Nc2cnc(-c3c(F)cc(O)cc3F)nc2)cccc1C1CC1. The van der Waals surface area contributed by atoms with E-state index in [0.29, 0.717) is 11.4 Å². The second kappa shape index (κ2) is 6.88. The Morgan fingerprint density at radius 3 is 2.32 bits per heavy atom. The van der Waals surface area contributed by atoms with Gasteiger partial charge in [0, 0.05) is 12.1 Å². The quantitative estimate of drug-likeness (QED) is 0.603. The normalized spacial score (nSPS) is 13.4. The van der Waals surface area contributed by atoms with Crippen LogP contribution in [-0.4, -0.2) is 26.2 Å². The van der Waals surface area contributed by atoms with Gasteiger partial charge >= 0.3 is 5.97 Å². The van der Waals surface area contributed by atoms with Crippen LogP contribution in [0.2, 0.25) is 0 Å². The summed E-state index contributed by atoms with van der Waals surface area (Å²) in [4.78, 5) is 19.6. The lowest BCUT2D eigenvalue weighted by Crippen LogP contribution is -2.07. The number of aromatic hydroxyl groups is 1. The van der Waals surface area contributed by atoms with Crippen LogP contribution in [0.3, 0.4) is 0 Å². The van der Waals surface area contributed by atoms with Crippen LogP contribution in [0.4, 0.5) is 20.2 Å². The number of nitrogens with one attached hydrogen (secondary N) is 1. The second-order valence-electron chi connectivity index (χ2n) is 6.55. The van der Waals surface area contributed by atoms with E-state index in [-0.39, 0.29) is 17.3 Å². The van der Waals surface area contributed by atoms with E-state index in [1.165, 1.54) is 12.4 Å². The standard InChI is InChI=1S/C20H15F2N3O3/c21-14-6-12(26)7-15(22)18(14)19-23-8-11(9-24-19)25-16-3-1-2-13(10-4-5-10)17(16)20(27)28/h1-3,6-10,25-26H,4-5H2,(H,27,28). The number of aromatic nitrogens is 2. The molecule has 6 nitrogen and oxygen atoms in total. The minimum absolute atomic E-state index is 0.189. The molecule has 8 heteroatoms. The van der Waals surface area contributed by atoms with Gasteiger partial charge in [-0.3, -0.25) is 0 Å². The van der Waals surface area contributed by atoms with E-state index in [0.717, 1.165) is 30.5 Å². The molecule has 28 heavy (non-hydrogen) atoms. The maximum atomic E-state index is 14.0. The summed E-state index contributed by atoms with van der Waals surface area (Å²) in [6.07, 6.45) is 4.55. The predicted molar refractivity (Wildman–Crippen MR) is 97.7 cm³/mol. The lowest BCUT2D eigenvalue weighted by atomic mass is 10.0. The number of phenolic OH excluding ortho intramolecular Hbond substituents is 1. The minimum atomic E-state index is -1.03. The molecule has 3 N–H and O–H groups in total. The van der Waals surface area contributed by atoms with Crippen molar-refractivity contribution < 1.29 is 23.8 Å². The van der Waals surface area contributed by atoms with Crippen molar-refractivity contribution in [3.05, 3.63) is 65.5 Å². The molecule has 0 radical (unpaired) electrons. The number of aromatic carboxylic acids is 1. The van der Waals surface area contributed by atoms with Crippen LogP contribution in [0, 0.1) is 11.6 Å². The molecular weight excluding hydrogens is 368 g/mol. The van der Waals surface area contributed by atoms with Gasteiger partial charge in [0.15, 0.2) is 5.82 Å². The Bertz CT molecular complexity index is 1040. The molecule has 1 fully saturated rings. The second-order valence-corrected chi connectivity index (χ2v) is 6.55. The van der Waals surface area contributed by atoms with Gasteiger partial charge in [-0.05, 0) is 30.4 Å². The molecule has 2 aromatic carbocycles. The Labute approximate surface area is 158 Å². The zero-order valence-corrected chi connectivity index (χ0v) is 14.5. The predicted octanol–water partition coefficient (Wildman–Crippen LogP) is 4.45. The highest BCUT2D eigenvalue weighted by atomic mass is 19.1. The van der Waals surface area contributed by atoms with E-state index >= 15 is 0 Å².